The SMILES string of the molecule is CCCCCCCCCCCCCCCCCCCCCCCCCC/C=C/C(O)C(COC1OC(CO)C(OC2OC(CO)C(OC3OC(CO)C(O)C(O)C3O)C(O)C2O)C(O)C1O)NC(=O)CCCCCCCCCCCCCC. The number of allylic oxidation sites excluding steroid dienone is 1. The van der Waals surface area contributed by atoms with Gasteiger partial charge >= 0.3 is 0 Å². The number of hydrogen-bond donors (Lipinski definition) is 12. The van der Waals surface area contributed by atoms with Gasteiger partial charge in [-0.15, -0.1) is 0 Å². The lowest BCUT2D eigenvalue weighted by molar-refractivity contribution is -0.379. The van der Waals surface area contributed by atoms with Gasteiger partial charge in [0.2, 0.25) is 5.91 Å². The van der Waals surface area contributed by atoms with E-state index in [9.17, 15) is 61.0 Å². The van der Waals surface area contributed by atoms with Crippen molar-refractivity contribution < 1.29 is 89.4 Å². The van der Waals surface area contributed by atoms with E-state index in [1.165, 1.54) is 186 Å². The highest BCUT2D eigenvalue weighted by Gasteiger charge is 2.53. The van der Waals surface area contributed by atoms with Crippen LogP contribution in [0.1, 0.15) is 258 Å². The van der Waals surface area contributed by atoms with Crippen LogP contribution in [0.5, 0.6) is 0 Å². The first-order valence-electron chi connectivity index (χ1n) is 33.4. The lowest BCUT2D eigenvalue weighted by atomic mass is 9.96. The molecule has 490 valence electrons. The van der Waals surface area contributed by atoms with Gasteiger partial charge in [-0.3, -0.25) is 4.79 Å². The minimum absolute atomic E-state index is 0.248. The zero-order chi connectivity index (χ0) is 60.5. The Morgan fingerprint density at radius 1 is 0.422 bits per heavy atom. The molecule has 0 spiro atoms. The molecule has 3 fully saturated rings. The Hall–Kier alpha value is -1.47. The van der Waals surface area contributed by atoms with Crippen molar-refractivity contribution in [1.82, 2.24) is 5.32 Å². The quantitative estimate of drug-likeness (QED) is 0.0205. The first-order valence-corrected chi connectivity index (χ1v) is 33.4. The summed E-state index contributed by atoms with van der Waals surface area (Å²) in [4.78, 5) is 13.3. The smallest absolute Gasteiger partial charge is 0.220 e. The summed E-state index contributed by atoms with van der Waals surface area (Å²) in [6.45, 7) is 1.74. The molecule has 0 aromatic carbocycles. The van der Waals surface area contributed by atoms with Crippen LogP contribution in [0.15, 0.2) is 12.2 Å². The molecule has 0 saturated carbocycles. The molecule has 3 heterocycles. The fourth-order valence-electron chi connectivity index (χ4n) is 11.6. The van der Waals surface area contributed by atoms with Crippen LogP contribution in [-0.4, -0.2) is 193 Å². The van der Waals surface area contributed by atoms with Gasteiger partial charge in [0.15, 0.2) is 18.9 Å². The summed E-state index contributed by atoms with van der Waals surface area (Å²) in [7, 11) is 0. The van der Waals surface area contributed by atoms with Crippen LogP contribution in [0, 0.1) is 0 Å². The third-order valence-electron chi connectivity index (χ3n) is 17.1. The van der Waals surface area contributed by atoms with E-state index in [-0.39, 0.29) is 18.9 Å². The average molecular weight is 1190 g/mol. The molecule has 0 aliphatic carbocycles. The van der Waals surface area contributed by atoms with Gasteiger partial charge < -0.3 is 89.9 Å². The zero-order valence-corrected chi connectivity index (χ0v) is 51.4. The molecule has 83 heavy (non-hydrogen) atoms. The molecule has 19 heteroatoms. The highest BCUT2D eigenvalue weighted by molar-refractivity contribution is 5.76. The van der Waals surface area contributed by atoms with Crippen LogP contribution in [0.2, 0.25) is 0 Å². The molecule has 17 unspecified atom stereocenters. The van der Waals surface area contributed by atoms with Crippen LogP contribution in [0.3, 0.4) is 0 Å². The summed E-state index contributed by atoms with van der Waals surface area (Å²) in [5.41, 5.74) is 0. The largest absolute Gasteiger partial charge is 0.394 e. The molecule has 0 radical (unpaired) electrons. The number of unbranched alkanes of at least 4 members (excludes halogenated alkanes) is 35. The molecule has 0 aromatic heterocycles. The molecule has 17 atom stereocenters. The van der Waals surface area contributed by atoms with Gasteiger partial charge in [-0.25, -0.2) is 0 Å². The van der Waals surface area contributed by atoms with Crippen molar-refractivity contribution in [3.8, 4) is 0 Å². The molecule has 3 aliphatic rings. The van der Waals surface area contributed by atoms with Crippen molar-refractivity contribution >= 4 is 5.91 Å². The Balaban J connectivity index is 1.43. The van der Waals surface area contributed by atoms with Crippen molar-refractivity contribution in [1.29, 1.82) is 0 Å². The number of nitrogens with one attached hydrogen (secondary N) is 1. The van der Waals surface area contributed by atoms with Gasteiger partial charge in [-0.1, -0.05) is 244 Å². The predicted octanol–water partition coefficient (Wildman–Crippen LogP) is 7.72. The van der Waals surface area contributed by atoms with E-state index in [0.717, 1.165) is 44.9 Å². The van der Waals surface area contributed by atoms with Crippen molar-refractivity contribution in [3.05, 3.63) is 12.2 Å². The number of amides is 1. The number of hydrogen-bond acceptors (Lipinski definition) is 18. The van der Waals surface area contributed by atoms with Gasteiger partial charge in [0.1, 0.15) is 73.2 Å². The summed E-state index contributed by atoms with van der Waals surface area (Å²) in [6.07, 6.45) is 23.5. The number of ether oxygens (including phenoxy) is 6. The molecule has 0 aromatic rings. The fraction of sp³-hybridized carbons (Fsp3) is 0.953. The fourth-order valence-corrected chi connectivity index (χ4v) is 11.6. The van der Waals surface area contributed by atoms with Crippen molar-refractivity contribution in [2.24, 2.45) is 0 Å². The molecular weight excluding hydrogens is 1070 g/mol. The number of carbonyl (C=O) groups is 1. The van der Waals surface area contributed by atoms with Crippen molar-refractivity contribution in [2.75, 3.05) is 26.4 Å². The monoisotopic (exact) mass is 1190 g/mol. The van der Waals surface area contributed by atoms with Crippen LogP contribution in [0.25, 0.3) is 0 Å². The Labute approximate surface area is 499 Å². The molecule has 12 N–H and O–H groups in total. The minimum atomic E-state index is -1.97. The molecule has 3 aliphatic heterocycles. The summed E-state index contributed by atoms with van der Waals surface area (Å²) < 4.78 is 34.3. The Bertz CT molecular complexity index is 1560. The van der Waals surface area contributed by atoms with Crippen LogP contribution >= 0.6 is 0 Å². The second-order valence-corrected chi connectivity index (χ2v) is 24.3. The van der Waals surface area contributed by atoms with Gasteiger partial charge in [-0.2, -0.15) is 0 Å². The molecule has 19 nitrogen and oxygen atoms in total. The third-order valence-corrected chi connectivity index (χ3v) is 17.1. The lowest BCUT2D eigenvalue weighted by Crippen LogP contribution is -2.66. The number of aliphatic hydroxyl groups is 11. The second-order valence-electron chi connectivity index (χ2n) is 24.3. The molecule has 0 bridgehead atoms. The zero-order valence-electron chi connectivity index (χ0n) is 51.4. The van der Waals surface area contributed by atoms with E-state index >= 15 is 0 Å². The van der Waals surface area contributed by atoms with E-state index in [0.29, 0.717) is 6.42 Å². The minimum Gasteiger partial charge on any atom is -0.394 e. The maximum Gasteiger partial charge on any atom is 0.220 e. The van der Waals surface area contributed by atoms with E-state index in [2.05, 4.69) is 19.2 Å². The van der Waals surface area contributed by atoms with Gasteiger partial charge in [0.05, 0.1) is 38.6 Å². The van der Waals surface area contributed by atoms with Gasteiger partial charge in [-0.05, 0) is 19.3 Å². The first kappa shape index (κ1) is 75.8. The van der Waals surface area contributed by atoms with Gasteiger partial charge in [0.25, 0.3) is 0 Å². The Kier molecular flexibility index (Phi) is 43.4. The summed E-state index contributed by atoms with van der Waals surface area (Å²) in [5, 5.41) is 120. The molecule has 1 amide bonds. The highest BCUT2D eigenvalue weighted by Crippen LogP contribution is 2.33. The summed E-state index contributed by atoms with van der Waals surface area (Å²) >= 11 is 0. The number of rotatable bonds is 51. The van der Waals surface area contributed by atoms with E-state index < -0.39 is 124 Å². The van der Waals surface area contributed by atoms with Gasteiger partial charge in [0, 0.05) is 6.42 Å². The normalized spacial score (nSPS) is 29.4. The predicted molar refractivity (Wildman–Crippen MR) is 319 cm³/mol. The first-order chi connectivity index (χ1) is 40.3. The van der Waals surface area contributed by atoms with Crippen LogP contribution in [0.4, 0.5) is 0 Å². The van der Waals surface area contributed by atoms with Crippen LogP contribution < -0.4 is 5.32 Å². The lowest BCUT2D eigenvalue weighted by Gasteiger charge is -2.48. The maximum absolute atomic E-state index is 13.3. The van der Waals surface area contributed by atoms with E-state index in [4.69, 9.17) is 28.4 Å². The number of aliphatic hydroxyl groups excluding tert-OH is 11. The van der Waals surface area contributed by atoms with Crippen molar-refractivity contribution in [3.63, 3.8) is 0 Å². The summed E-state index contributed by atoms with van der Waals surface area (Å²) in [6, 6.07) is -0.967. The molecular formula is C64H121NO18. The van der Waals surface area contributed by atoms with Crippen molar-refractivity contribution in [2.45, 2.75) is 362 Å². The Morgan fingerprint density at radius 2 is 0.747 bits per heavy atom. The third kappa shape index (κ3) is 30.5. The topological polar surface area (TPSA) is 307 Å². The van der Waals surface area contributed by atoms with E-state index in [1.807, 2.05) is 6.08 Å². The summed E-state index contributed by atoms with van der Waals surface area (Å²) in [5.74, 6) is -0.273. The average Bonchev–Trinajstić information content (AvgIpc) is 3.26. The number of carbonyl (C=O) groups excluding carboxylic acids is 1. The Morgan fingerprint density at radius 3 is 1.13 bits per heavy atom. The second kappa shape index (κ2) is 47.5. The van der Waals surface area contributed by atoms with E-state index in [1.54, 1.807) is 6.08 Å². The highest BCUT2D eigenvalue weighted by atomic mass is 16.8. The van der Waals surface area contributed by atoms with Crippen LogP contribution in [-0.2, 0) is 33.2 Å². The maximum atomic E-state index is 13.3. The standard InChI is InChI=1S/C64H121NO18/c1-3-5-7-9-11-13-15-17-18-19-20-21-22-23-24-25-26-27-28-29-30-31-33-35-37-39-41-48(69)47(65-52(70)42-40-38-36-34-32-16-14-12-10-8-6-4-2)46-78-62-58(76)55(73)60(50(44-67)80-62)83-64-59(77)56(74)61(51(45-68)81-64)82-63-57(75)54(72)53(71)49(43-66)79-63/h39,41,47-51,53-64,66-69,71-77H,3-38,40,42-46H2,1-2H3,(H,65,70)/b41-39+. The molecule has 3 saturated heterocycles. The molecule has 3 rings (SSSR count).